The Morgan fingerprint density at radius 3 is 2.79 bits per heavy atom. The number of hydrogen-bond donors (Lipinski definition) is 1. The lowest BCUT2D eigenvalue weighted by molar-refractivity contribution is 0.919. The van der Waals surface area contributed by atoms with Crippen LogP contribution < -0.4 is 10.9 Å². The van der Waals surface area contributed by atoms with E-state index in [1.807, 2.05) is 19.1 Å². The van der Waals surface area contributed by atoms with Gasteiger partial charge in [0, 0.05) is 10.7 Å². The fourth-order valence-corrected chi connectivity index (χ4v) is 3.58. The number of rotatable bonds is 2. The lowest BCUT2D eigenvalue weighted by Gasteiger charge is -2.06. The van der Waals surface area contributed by atoms with Gasteiger partial charge in [-0.05, 0) is 43.7 Å². The zero-order chi connectivity index (χ0) is 16.8. The van der Waals surface area contributed by atoms with Crippen molar-refractivity contribution in [1.82, 2.24) is 14.6 Å². The van der Waals surface area contributed by atoms with E-state index in [0.29, 0.717) is 26.0 Å². The minimum absolute atomic E-state index is 0.198. The van der Waals surface area contributed by atoms with Crippen LogP contribution in [0.15, 0.2) is 41.2 Å². The molecule has 2 heterocycles. The van der Waals surface area contributed by atoms with Gasteiger partial charge in [-0.15, -0.1) is 5.10 Å². The van der Waals surface area contributed by atoms with Crippen molar-refractivity contribution in [3.8, 4) is 0 Å². The highest BCUT2D eigenvalue weighted by Gasteiger charge is 2.12. The summed E-state index contributed by atoms with van der Waals surface area (Å²) in [5, 5.41) is 9.29. The van der Waals surface area contributed by atoms with Crippen LogP contribution in [0.1, 0.15) is 11.1 Å². The van der Waals surface area contributed by atoms with Crippen molar-refractivity contribution in [3.05, 3.63) is 62.9 Å². The first-order valence-corrected chi connectivity index (χ1v) is 8.54. The van der Waals surface area contributed by atoms with Gasteiger partial charge in [0.1, 0.15) is 0 Å². The average Bonchev–Trinajstić information content (AvgIpc) is 2.93. The van der Waals surface area contributed by atoms with Crippen molar-refractivity contribution >= 4 is 49.6 Å². The normalized spacial score (nSPS) is 11.3. The molecule has 0 unspecified atom stereocenters. The van der Waals surface area contributed by atoms with Gasteiger partial charge >= 0.3 is 0 Å². The molecule has 0 spiro atoms. The van der Waals surface area contributed by atoms with Crippen molar-refractivity contribution in [2.75, 3.05) is 5.32 Å². The second-order valence-corrected chi connectivity index (χ2v) is 7.02. The van der Waals surface area contributed by atoms with Gasteiger partial charge in [0.25, 0.3) is 5.56 Å². The third-order valence-electron chi connectivity index (χ3n) is 3.78. The van der Waals surface area contributed by atoms with Crippen LogP contribution >= 0.6 is 22.9 Å². The summed E-state index contributed by atoms with van der Waals surface area (Å²) in [5.74, 6) is 0. The summed E-state index contributed by atoms with van der Waals surface area (Å²) in [6.45, 7) is 4.08. The summed E-state index contributed by atoms with van der Waals surface area (Å²) in [6, 6.07) is 11.2. The van der Waals surface area contributed by atoms with Gasteiger partial charge in [-0.25, -0.2) is 4.98 Å². The molecular formula is C17H13ClN4OS. The number of hydrogen-bond acceptors (Lipinski definition) is 5. The maximum Gasteiger partial charge on any atom is 0.283 e. The summed E-state index contributed by atoms with van der Waals surface area (Å²) in [5.41, 5.74) is 3.65. The summed E-state index contributed by atoms with van der Waals surface area (Å²) < 4.78 is 1.33. The van der Waals surface area contributed by atoms with E-state index in [2.05, 4.69) is 28.4 Å². The number of aryl methyl sites for hydroxylation is 2. The highest BCUT2D eigenvalue weighted by Crippen LogP contribution is 2.25. The number of anilines is 2. The molecular weight excluding hydrogens is 344 g/mol. The van der Waals surface area contributed by atoms with E-state index in [4.69, 9.17) is 11.6 Å². The van der Waals surface area contributed by atoms with E-state index in [1.54, 1.807) is 18.2 Å². The van der Waals surface area contributed by atoms with E-state index in [-0.39, 0.29) is 5.56 Å². The van der Waals surface area contributed by atoms with Crippen LogP contribution in [0.5, 0.6) is 0 Å². The predicted octanol–water partition coefficient (Wildman–Crippen LogP) is 4.32. The number of fused-ring (bicyclic) bond motifs is 2. The molecule has 5 nitrogen and oxygen atoms in total. The number of benzene rings is 2. The standard InChI is InChI=1S/C17H13ClN4OS/c1-9-3-6-13(10(2)7-9)19-16-21-22-15(23)12-5-4-11(18)8-14(12)20-17(22)24-16/h3-8H,1-2H3,(H,19,21). The van der Waals surface area contributed by atoms with E-state index in [9.17, 15) is 4.79 Å². The molecule has 2 aromatic carbocycles. The Hall–Kier alpha value is -2.44. The number of aromatic nitrogens is 3. The van der Waals surface area contributed by atoms with Crippen molar-refractivity contribution in [3.63, 3.8) is 0 Å². The second kappa shape index (κ2) is 5.58. The molecule has 24 heavy (non-hydrogen) atoms. The summed E-state index contributed by atoms with van der Waals surface area (Å²) in [6.07, 6.45) is 0. The molecule has 0 fully saturated rings. The van der Waals surface area contributed by atoms with Gasteiger partial charge in [-0.1, -0.05) is 40.6 Å². The Labute approximate surface area is 146 Å². The number of nitrogens with zero attached hydrogens (tertiary/aromatic N) is 3. The van der Waals surface area contributed by atoms with Crippen LogP contribution in [0, 0.1) is 13.8 Å². The lowest BCUT2D eigenvalue weighted by atomic mass is 10.1. The molecule has 0 atom stereocenters. The Bertz CT molecular complexity index is 1150. The van der Waals surface area contributed by atoms with Crippen molar-refractivity contribution < 1.29 is 0 Å². The van der Waals surface area contributed by atoms with Crippen molar-refractivity contribution in [2.45, 2.75) is 13.8 Å². The van der Waals surface area contributed by atoms with Gasteiger partial charge in [-0.2, -0.15) is 4.52 Å². The van der Waals surface area contributed by atoms with Crippen molar-refractivity contribution in [1.29, 1.82) is 0 Å². The third-order valence-corrected chi connectivity index (χ3v) is 4.84. The zero-order valence-electron chi connectivity index (χ0n) is 13.0. The van der Waals surface area contributed by atoms with E-state index in [1.165, 1.54) is 21.4 Å². The SMILES string of the molecule is Cc1ccc(Nc2nn3c(=O)c4ccc(Cl)cc4nc3s2)c(C)c1. The maximum atomic E-state index is 12.6. The molecule has 0 radical (unpaired) electrons. The predicted molar refractivity (Wildman–Crippen MR) is 98.8 cm³/mol. The van der Waals surface area contributed by atoms with Crippen molar-refractivity contribution in [2.24, 2.45) is 0 Å². The van der Waals surface area contributed by atoms with Crippen LogP contribution in [0.4, 0.5) is 10.8 Å². The second-order valence-electron chi connectivity index (χ2n) is 5.62. The molecule has 2 aromatic heterocycles. The average molecular weight is 357 g/mol. The number of nitrogens with one attached hydrogen (secondary N) is 1. The van der Waals surface area contributed by atoms with Gasteiger partial charge in [-0.3, -0.25) is 4.79 Å². The lowest BCUT2D eigenvalue weighted by Crippen LogP contribution is -2.15. The summed E-state index contributed by atoms with van der Waals surface area (Å²) >= 11 is 7.32. The van der Waals surface area contributed by atoms with Crippen LogP contribution in [0.3, 0.4) is 0 Å². The quantitative estimate of drug-likeness (QED) is 0.581. The molecule has 7 heteroatoms. The molecule has 1 N–H and O–H groups in total. The Morgan fingerprint density at radius 1 is 1.17 bits per heavy atom. The molecule has 4 rings (SSSR count). The van der Waals surface area contributed by atoms with Gasteiger partial charge < -0.3 is 5.32 Å². The fourth-order valence-electron chi connectivity index (χ4n) is 2.60. The van der Waals surface area contributed by atoms with E-state index < -0.39 is 0 Å². The fraction of sp³-hybridized carbons (Fsp3) is 0.118. The molecule has 120 valence electrons. The molecule has 0 aliphatic carbocycles. The van der Waals surface area contributed by atoms with Gasteiger partial charge in [0.2, 0.25) is 10.1 Å². The minimum atomic E-state index is -0.198. The highest BCUT2D eigenvalue weighted by atomic mass is 35.5. The molecule has 0 amide bonds. The van der Waals surface area contributed by atoms with Crippen LogP contribution in [0.25, 0.3) is 15.9 Å². The van der Waals surface area contributed by atoms with Crippen LogP contribution in [0.2, 0.25) is 5.02 Å². The summed E-state index contributed by atoms with van der Waals surface area (Å²) in [4.78, 5) is 17.6. The van der Waals surface area contributed by atoms with E-state index in [0.717, 1.165) is 11.3 Å². The highest BCUT2D eigenvalue weighted by molar-refractivity contribution is 7.20. The topological polar surface area (TPSA) is 59.3 Å². The molecule has 4 aromatic rings. The molecule has 0 aliphatic rings. The molecule has 0 bridgehead atoms. The minimum Gasteiger partial charge on any atom is -0.330 e. The first-order valence-electron chi connectivity index (χ1n) is 7.35. The van der Waals surface area contributed by atoms with Crippen LogP contribution in [-0.4, -0.2) is 14.6 Å². The molecule has 0 saturated carbocycles. The van der Waals surface area contributed by atoms with Gasteiger partial charge in [0.05, 0.1) is 10.9 Å². The summed E-state index contributed by atoms with van der Waals surface area (Å²) in [7, 11) is 0. The Morgan fingerprint density at radius 2 is 2.00 bits per heavy atom. The Kier molecular flexibility index (Phi) is 3.51. The monoisotopic (exact) mass is 356 g/mol. The van der Waals surface area contributed by atoms with Gasteiger partial charge in [0.15, 0.2) is 0 Å². The molecule has 0 saturated heterocycles. The largest absolute Gasteiger partial charge is 0.330 e. The Balaban J connectivity index is 1.84. The first-order chi connectivity index (χ1) is 11.5. The number of halogens is 1. The third kappa shape index (κ3) is 2.53. The first kappa shape index (κ1) is 15.1. The smallest absolute Gasteiger partial charge is 0.283 e. The molecule has 0 aliphatic heterocycles. The van der Waals surface area contributed by atoms with Crippen LogP contribution in [-0.2, 0) is 0 Å². The van der Waals surface area contributed by atoms with E-state index >= 15 is 0 Å². The zero-order valence-corrected chi connectivity index (χ0v) is 14.6. The maximum absolute atomic E-state index is 12.6.